The molecule has 0 aromatic heterocycles. The molecule has 0 aliphatic carbocycles. The van der Waals surface area contributed by atoms with Crippen molar-refractivity contribution in [2.24, 2.45) is 0 Å². The first-order valence-electron chi connectivity index (χ1n) is 9.35. The van der Waals surface area contributed by atoms with Crippen LogP contribution in [0.3, 0.4) is 0 Å². The van der Waals surface area contributed by atoms with E-state index in [0.29, 0.717) is 18.0 Å². The maximum Gasteiger partial charge on any atom is 0.243 e. The fourth-order valence-corrected chi connectivity index (χ4v) is 5.27. The number of rotatable bonds is 10. The Labute approximate surface area is 161 Å². The maximum atomic E-state index is 13.5. The summed E-state index contributed by atoms with van der Waals surface area (Å²) in [5, 5.41) is 0. The summed E-state index contributed by atoms with van der Waals surface area (Å²) >= 11 is 0. The van der Waals surface area contributed by atoms with Crippen LogP contribution in [0.5, 0.6) is 0 Å². The Morgan fingerprint density at radius 2 is 1.12 bits per heavy atom. The average Bonchev–Trinajstić information content (AvgIpc) is 2.50. The Morgan fingerprint density at radius 3 is 1.46 bits per heavy atom. The van der Waals surface area contributed by atoms with E-state index >= 15 is 0 Å². The molecule has 0 amide bonds. The fourth-order valence-electron chi connectivity index (χ4n) is 3.18. The molecule has 0 saturated carbocycles. The normalized spacial score (nSPS) is 12.6. The fraction of sp³-hybridized carbons (Fsp3) is 0.700. The van der Waals surface area contributed by atoms with E-state index in [1.165, 1.54) is 0 Å². The smallest absolute Gasteiger partial charge is 0.243 e. The molecule has 6 heteroatoms. The quantitative estimate of drug-likeness (QED) is 0.623. The first-order valence-corrected chi connectivity index (χ1v) is 10.8. The third kappa shape index (κ3) is 6.05. The number of nitrogens with zero attached hydrogens (tertiary/aromatic N) is 3. The van der Waals surface area contributed by atoms with Crippen molar-refractivity contribution in [2.45, 2.75) is 45.4 Å². The van der Waals surface area contributed by atoms with E-state index in [-0.39, 0.29) is 0 Å². The molecule has 0 radical (unpaired) electrons. The van der Waals surface area contributed by atoms with Crippen LogP contribution in [0.4, 0.5) is 0 Å². The van der Waals surface area contributed by atoms with Gasteiger partial charge in [-0.3, -0.25) is 0 Å². The van der Waals surface area contributed by atoms with Gasteiger partial charge in [-0.15, -0.1) is 0 Å². The average molecular weight is 384 g/mol. The lowest BCUT2D eigenvalue weighted by Crippen LogP contribution is -2.36. The molecular weight excluding hydrogens is 346 g/mol. The van der Waals surface area contributed by atoms with Crippen molar-refractivity contribution in [3.05, 3.63) is 28.3 Å². The van der Waals surface area contributed by atoms with Gasteiger partial charge in [0.15, 0.2) is 0 Å². The summed E-state index contributed by atoms with van der Waals surface area (Å²) in [6.45, 7) is 10.7. The highest BCUT2D eigenvalue weighted by Gasteiger charge is 2.28. The molecule has 0 aliphatic heterocycles. The van der Waals surface area contributed by atoms with Gasteiger partial charge < -0.3 is 9.80 Å². The standard InChI is InChI=1S/C20H37N3O2S/c1-16-15-17(2)19(4)20(18(16)3)26(24,25)23(13-9-11-21(5)6)14-10-12-22(7)8/h15H,9-14H2,1-8H3. The third-order valence-corrected chi connectivity index (χ3v) is 7.09. The van der Waals surface area contributed by atoms with Crippen molar-refractivity contribution in [1.29, 1.82) is 0 Å². The lowest BCUT2D eigenvalue weighted by Gasteiger charge is -2.26. The van der Waals surface area contributed by atoms with E-state index in [4.69, 9.17) is 0 Å². The predicted molar refractivity (Wildman–Crippen MR) is 110 cm³/mol. The van der Waals surface area contributed by atoms with Crippen LogP contribution in [0, 0.1) is 27.7 Å². The van der Waals surface area contributed by atoms with Gasteiger partial charge in [-0.05, 0) is 104 Å². The van der Waals surface area contributed by atoms with Gasteiger partial charge in [-0.2, -0.15) is 4.31 Å². The molecular formula is C20H37N3O2S. The second-order valence-corrected chi connectivity index (χ2v) is 9.68. The number of aryl methyl sites for hydroxylation is 2. The monoisotopic (exact) mass is 383 g/mol. The lowest BCUT2D eigenvalue weighted by molar-refractivity contribution is 0.326. The Kier molecular flexibility index (Phi) is 8.73. The molecule has 26 heavy (non-hydrogen) atoms. The molecule has 0 bridgehead atoms. The van der Waals surface area contributed by atoms with Gasteiger partial charge in [0.2, 0.25) is 10.0 Å². The largest absolute Gasteiger partial charge is 0.309 e. The van der Waals surface area contributed by atoms with Crippen LogP contribution in [0.1, 0.15) is 35.1 Å². The second kappa shape index (κ2) is 9.83. The highest BCUT2D eigenvalue weighted by Crippen LogP contribution is 2.29. The third-order valence-electron chi connectivity index (χ3n) is 4.92. The SMILES string of the molecule is Cc1cc(C)c(C)c(S(=O)(=O)N(CCCN(C)C)CCCN(C)C)c1C. The molecule has 5 nitrogen and oxygen atoms in total. The van der Waals surface area contributed by atoms with E-state index in [2.05, 4.69) is 15.9 Å². The summed E-state index contributed by atoms with van der Waals surface area (Å²) in [5.41, 5.74) is 3.82. The molecule has 0 fully saturated rings. The molecule has 1 aromatic carbocycles. The highest BCUT2D eigenvalue weighted by atomic mass is 32.2. The molecule has 0 aliphatic rings. The lowest BCUT2D eigenvalue weighted by atomic mass is 10.0. The van der Waals surface area contributed by atoms with Crippen molar-refractivity contribution in [1.82, 2.24) is 14.1 Å². The Bertz CT molecular complexity index is 657. The zero-order valence-electron chi connectivity index (χ0n) is 17.9. The molecule has 1 aromatic rings. The minimum Gasteiger partial charge on any atom is -0.309 e. The van der Waals surface area contributed by atoms with Crippen molar-refractivity contribution in [3.63, 3.8) is 0 Å². The number of hydrogen-bond donors (Lipinski definition) is 0. The van der Waals surface area contributed by atoms with Crippen molar-refractivity contribution < 1.29 is 8.42 Å². The Balaban J connectivity index is 3.21. The van der Waals surface area contributed by atoms with Crippen LogP contribution >= 0.6 is 0 Å². The van der Waals surface area contributed by atoms with Crippen LogP contribution in [-0.2, 0) is 10.0 Å². The molecule has 150 valence electrons. The molecule has 0 heterocycles. The number of sulfonamides is 1. The van der Waals surface area contributed by atoms with Gasteiger partial charge in [0, 0.05) is 13.1 Å². The van der Waals surface area contributed by atoms with Crippen LogP contribution < -0.4 is 0 Å². The van der Waals surface area contributed by atoms with Gasteiger partial charge >= 0.3 is 0 Å². The van der Waals surface area contributed by atoms with E-state index < -0.39 is 10.0 Å². The Hall–Kier alpha value is -0.950. The number of benzene rings is 1. The molecule has 0 N–H and O–H groups in total. The number of hydrogen-bond acceptors (Lipinski definition) is 4. The maximum absolute atomic E-state index is 13.5. The van der Waals surface area contributed by atoms with Crippen LogP contribution in [0.25, 0.3) is 0 Å². The van der Waals surface area contributed by atoms with Crippen LogP contribution in [0.2, 0.25) is 0 Å². The van der Waals surface area contributed by atoms with E-state index in [0.717, 1.165) is 48.2 Å². The van der Waals surface area contributed by atoms with Crippen molar-refractivity contribution in [3.8, 4) is 0 Å². The van der Waals surface area contributed by atoms with E-state index in [9.17, 15) is 8.42 Å². The molecule has 0 atom stereocenters. The Morgan fingerprint density at radius 1 is 0.731 bits per heavy atom. The summed E-state index contributed by atoms with van der Waals surface area (Å²) in [6, 6.07) is 2.08. The van der Waals surface area contributed by atoms with Crippen LogP contribution in [0.15, 0.2) is 11.0 Å². The second-order valence-electron chi connectivity index (χ2n) is 7.81. The first kappa shape index (κ1) is 23.1. The van der Waals surface area contributed by atoms with E-state index in [1.807, 2.05) is 55.9 Å². The van der Waals surface area contributed by atoms with Gasteiger partial charge in [-0.1, -0.05) is 6.07 Å². The zero-order chi connectivity index (χ0) is 20.1. The van der Waals surface area contributed by atoms with E-state index in [1.54, 1.807) is 4.31 Å². The predicted octanol–water partition coefficient (Wildman–Crippen LogP) is 2.81. The summed E-state index contributed by atoms with van der Waals surface area (Å²) in [6.07, 6.45) is 1.66. The van der Waals surface area contributed by atoms with Crippen molar-refractivity contribution >= 4 is 10.0 Å². The molecule has 0 unspecified atom stereocenters. The molecule has 0 saturated heterocycles. The molecule has 0 spiro atoms. The first-order chi connectivity index (χ1) is 12.0. The minimum atomic E-state index is -3.51. The summed E-state index contributed by atoms with van der Waals surface area (Å²) < 4.78 is 28.7. The molecule has 1 rings (SSSR count). The zero-order valence-corrected chi connectivity index (χ0v) is 18.7. The minimum absolute atomic E-state index is 0.504. The van der Waals surface area contributed by atoms with Crippen LogP contribution in [-0.4, -0.2) is 76.9 Å². The highest BCUT2D eigenvalue weighted by molar-refractivity contribution is 7.89. The summed E-state index contributed by atoms with van der Waals surface area (Å²) in [5.74, 6) is 0. The summed E-state index contributed by atoms with van der Waals surface area (Å²) in [4.78, 5) is 4.69. The van der Waals surface area contributed by atoms with Gasteiger partial charge in [0.25, 0.3) is 0 Å². The van der Waals surface area contributed by atoms with Crippen molar-refractivity contribution in [2.75, 3.05) is 54.4 Å². The topological polar surface area (TPSA) is 43.9 Å². The van der Waals surface area contributed by atoms with Gasteiger partial charge in [-0.25, -0.2) is 8.42 Å². The van der Waals surface area contributed by atoms with Gasteiger partial charge in [0.05, 0.1) is 4.90 Å². The summed E-state index contributed by atoms with van der Waals surface area (Å²) in [7, 11) is 4.56. The van der Waals surface area contributed by atoms with Gasteiger partial charge in [0.1, 0.15) is 0 Å².